The Morgan fingerprint density at radius 2 is 2.27 bits per heavy atom. The SMILES string of the molecule is CCCC1=CC(C)C2CCC12. The van der Waals surface area contributed by atoms with Crippen LogP contribution in [0.5, 0.6) is 0 Å². The molecule has 0 aromatic carbocycles. The maximum Gasteiger partial charge on any atom is -0.0169 e. The van der Waals surface area contributed by atoms with Gasteiger partial charge in [0.15, 0.2) is 0 Å². The molecule has 0 radical (unpaired) electrons. The van der Waals surface area contributed by atoms with Crippen molar-refractivity contribution in [3.05, 3.63) is 11.6 Å². The smallest absolute Gasteiger partial charge is 0.0169 e. The summed E-state index contributed by atoms with van der Waals surface area (Å²) in [4.78, 5) is 0. The average Bonchev–Trinajstić information content (AvgIpc) is 2.02. The van der Waals surface area contributed by atoms with E-state index in [0.29, 0.717) is 0 Å². The minimum atomic E-state index is 0.898. The lowest BCUT2D eigenvalue weighted by atomic mass is 9.70. The summed E-state index contributed by atoms with van der Waals surface area (Å²) in [6.07, 6.45) is 8.23. The van der Waals surface area contributed by atoms with Gasteiger partial charge in [0.05, 0.1) is 0 Å². The van der Waals surface area contributed by atoms with Crippen LogP contribution in [0.4, 0.5) is 0 Å². The molecular weight excluding hydrogens is 132 g/mol. The lowest BCUT2D eigenvalue weighted by Gasteiger charge is -2.35. The molecule has 2 rings (SSSR count). The number of rotatable bonds is 2. The molecule has 0 spiro atoms. The number of allylic oxidation sites excluding steroid dienone is 2. The molecule has 0 bridgehead atoms. The molecular formula is C11H18. The average molecular weight is 150 g/mol. The highest BCUT2D eigenvalue weighted by Crippen LogP contribution is 2.50. The Morgan fingerprint density at radius 1 is 1.45 bits per heavy atom. The van der Waals surface area contributed by atoms with E-state index in [2.05, 4.69) is 19.9 Å². The van der Waals surface area contributed by atoms with E-state index in [-0.39, 0.29) is 0 Å². The third kappa shape index (κ3) is 1.04. The molecule has 0 aromatic rings. The molecule has 0 amide bonds. The molecule has 0 saturated heterocycles. The van der Waals surface area contributed by atoms with Gasteiger partial charge in [0, 0.05) is 0 Å². The van der Waals surface area contributed by atoms with Crippen molar-refractivity contribution in [3.63, 3.8) is 0 Å². The Morgan fingerprint density at radius 3 is 2.73 bits per heavy atom. The highest BCUT2D eigenvalue weighted by molar-refractivity contribution is 5.21. The van der Waals surface area contributed by atoms with Gasteiger partial charge in [0.25, 0.3) is 0 Å². The van der Waals surface area contributed by atoms with E-state index in [9.17, 15) is 0 Å². The van der Waals surface area contributed by atoms with Crippen LogP contribution in [0, 0.1) is 17.8 Å². The van der Waals surface area contributed by atoms with Crippen LogP contribution in [-0.4, -0.2) is 0 Å². The van der Waals surface area contributed by atoms with Crippen molar-refractivity contribution >= 4 is 0 Å². The first-order chi connectivity index (χ1) is 5.33. The molecule has 3 atom stereocenters. The van der Waals surface area contributed by atoms with Crippen LogP contribution in [0.25, 0.3) is 0 Å². The van der Waals surface area contributed by atoms with Gasteiger partial charge in [0.2, 0.25) is 0 Å². The second-order valence-electron chi connectivity index (χ2n) is 4.20. The lowest BCUT2D eigenvalue weighted by Crippen LogP contribution is -2.26. The first kappa shape index (κ1) is 7.39. The van der Waals surface area contributed by atoms with Gasteiger partial charge in [-0.2, -0.15) is 0 Å². The summed E-state index contributed by atoms with van der Waals surface area (Å²) in [5, 5.41) is 0. The minimum absolute atomic E-state index is 0.898. The quantitative estimate of drug-likeness (QED) is 0.529. The molecule has 0 aromatic heterocycles. The van der Waals surface area contributed by atoms with E-state index in [1.807, 2.05) is 0 Å². The van der Waals surface area contributed by atoms with Gasteiger partial charge in [-0.3, -0.25) is 0 Å². The third-order valence-corrected chi connectivity index (χ3v) is 3.50. The summed E-state index contributed by atoms with van der Waals surface area (Å²) >= 11 is 0. The van der Waals surface area contributed by atoms with Crippen molar-refractivity contribution in [2.75, 3.05) is 0 Å². The van der Waals surface area contributed by atoms with Crippen molar-refractivity contribution in [1.82, 2.24) is 0 Å². The van der Waals surface area contributed by atoms with Crippen LogP contribution in [0.1, 0.15) is 39.5 Å². The van der Waals surface area contributed by atoms with Crippen molar-refractivity contribution in [1.29, 1.82) is 0 Å². The van der Waals surface area contributed by atoms with Crippen molar-refractivity contribution in [2.45, 2.75) is 39.5 Å². The molecule has 0 N–H and O–H groups in total. The fourth-order valence-corrected chi connectivity index (χ4v) is 2.76. The summed E-state index contributed by atoms with van der Waals surface area (Å²) in [7, 11) is 0. The zero-order valence-electron chi connectivity index (χ0n) is 7.64. The van der Waals surface area contributed by atoms with Crippen molar-refractivity contribution in [3.8, 4) is 0 Å². The van der Waals surface area contributed by atoms with Gasteiger partial charge in [-0.1, -0.05) is 31.9 Å². The Kier molecular flexibility index (Phi) is 1.78. The maximum absolute atomic E-state index is 2.55. The monoisotopic (exact) mass is 150 g/mol. The Balaban J connectivity index is 2.04. The molecule has 1 saturated carbocycles. The van der Waals surface area contributed by atoms with Gasteiger partial charge >= 0.3 is 0 Å². The molecule has 1 fully saturated rings. The highest BCUT2D eigenvalue weighted by atomic mass is 14.4. The van der Waals surface area contributed by atoms with E-state index in [1.165, 1.54) is 25.7 Å². The topological polar surface area (TPSA) is 0 Å². The summed E-state index contributed by atoms with van der Waals surface area (Å²) in [5.74, 6) is 2.97. The predicted octanol–water partition coefficient (Wildman–Crippen LogP) is 3.39. The van der Waals surface area contributed by atoms with Crippen molar-refractivity contribution < 1.29 is 0 Å². The highest BCUT2D eigenvalue weighted by Gasteiger charge is 2.40. The van der Waals surface area contributed by atoms with E-state index in [0.717, 1.165) is 17.8 Å². The Hall–Kier alpha value is -0.260. The molecule has 11 heavy (non-hydrogen) atoms. The number of hydrogen-bond donors (Lipinski definition) is 0. The van der Waals surface area contributed by atoms with Crippen LogP contribution in [0.2, 0.25) is 0 Å². The van der Waals surface area contributed by atoms with Crippen LogP contribution in [0.3, 0.4) is 0 Å². The Bertz CT molecular complexity index is 178. The normalized spacial score (nSPS) is 41.3. The van der Waals surface area contributed by atoms with E-state index >= 15 is 0 Å². The van der Waals surface area contributed by atoms with Crippen LogP contribution < -0.4 is 0 Å². The molecule has 0 heterocycles. The van der Waals surface area contributed by atoms with Gasteiger partial charge in [-0.05, 0) is 37.0 Å². The zero-order chi connectivity index (χ0) is 7.84. The summed E-state index contributed by atoms with van der Waals surface area (Å²) in [5.41, 5.74) is 1.79. The minimum Gasteiger partial charge on any atom is -0.0819 e. The van der Waals surface area contributed by atoms with Crippen LogP contribution in [-0.2, 0) is 0 Å². The number of hydrogen-bond acceptors (Lipinski definition) is 0. The maximum atomic E-state index is 2.55. The van der Waals surface area contributed by atoms with E-state index < -0.39 is 0 Å². The lowest BCUT2D eigenvalue weighted by molar-refractivity contribution is 0.191. The summed E-state index contributed by atoms with van der Waals surface area (Å²) < 4.78 is 0. The summed E-state index contributed by atoms with van der Waals surface area (Å²) in [6, 6.07) is 0. The second-order valence-corrected chi connectivity index (χ2v) is 4.20. The molecule has 3 unspecified atom stereocenters. The second kappa shape index (κ2) is 2.66. The van der Waals surface area contributed by atoms with Crippen molar-refractivity contribution in [2.24, 2.45) is 17.8 Å². The zero-order valence-corrected chi connectivity index (χ0v) is 7.64. The molecule has 62 valence electrons. The summed E-state index contributed by atoms with van der Waals surface area (Å²) in [6.45, 7) is 4.68. The number of fused-ring (bicyclic) bond motifs is 1. The molecule has 0 aliphatic heterocycles. The first-order valence-electron chi connectivity index (χ1n) is 5.03. The van der Waals surface area contributed by atoms with E-state index in [1.54, 1.807) is 5.57 Å². The van der Waals surface area contributed by atoms with Crippen LogP contribution >= 0.6 is 0 Å². The molecule has 0 heteroatoms. The Labute approximate surface area is 69.7 Å². The predicted molar refractivity (Wildman–Crippen MR) is 48.4 cm³/mol. The molecule has 2 aliphatic carbocycles. The van der Waals surface area contributed by atoms with Gasteiger partial charge in [-0.15, -0.1) is 0 Å². The first-order valence-corrected chi connectivity index (χ1v) is 5.03. The third-order valence-electron chi connectivity index (χ3n) is 3.50. The fraction of sp³-hybridized carbons (Fsp3) is 0.818. The standard InChI is InChI=1S/C11H18/c1-3-4-9-7-8(2)10-5-6-11(9)10/h7-8,10-11H,3-6H2,1-2H3. The van der Waals surface area contributed by atoms with Gasteiger partial charge in [0.1, 0.15) is 0 Å². The molecule has 2 aliphatic rings. The largest absolute Gasteiger partial charge is 0.0819 e. The molecule has 0 nitrogen and oxygen atoms in total. The van der Waals surface area contributed by atoms with Gasteiger partial charge in [-0.25, -0.2) is 0 Å². The van der Waals surface area contributed by atoms with E-state index in [4.69, 9.17) is 0 Å². The van der Waals surface area contributed by atoms with Crippen LogP contribution in [0.15, 0.2) is 11.6 Å². The van der Waals surface area contributed by atoms with Gasteiger partial charge < -0.3 is 0 Å². The fourth-order valence-electron chi connectivity index (χ4n) is 2.76.